The average molecular weight is 415 g/mol. The van der Waals surface area contributed by atoms with Gasteiger partial charge in [-0.1, -0.05) is 51.3 Å². The van der Waals surface area contributed by atoms with Crippen molar-refractivity contribution in [1.29, 1.82) is 0 Å². The zero-order valence-corrected chi connectivity index (χ0v) is 14.1. The maximum atomic E-state index is 6.03. The number of alkyl halides is 1. The molecule has 5 heteroatoms. The first-order valence-electron chi connectivity index (χ1n) is 4.89. The van der Waals surface area contributed by atoms with E-state index in [1.165, 1.54) is 10.4 Å². The molecule has 1 heterocycles. The Morgan fingerprint density at radius 3 is 2.59 bits per heavy atom. The molecule has 1 unspecified atom stereocenters. The Balaban J connectivity index is 2.14. The average Bonchev–Trinajstić information content (AvgIpc) is 2.59. The van der Waals surface area contributed by atoms with E-state index in [0.29, 0.717) is 0 Å². The van der Waals surface area contributed by atoms with E-state index >= 15 is 0 Å². The van der Waals surface area contributed by atoms with Crippen molar-refractivity contribution < 1.29 is 0 Å². The first kappa shape index (κ1) is 13.9. The lowest BCUT2D eigenvalue weighted by atomic mass is 10.1. The summed E-state index contributed by atoms with van der Waals surface area (Å²) in [6, 6.07) is 9.96. The van der Waals surface area contributed by atoms with E-state index in [2.05, 4.69) is 44.0 Å². The Morgan fingerprint density at radius 1 is 1.24 bits per heavy atom. The summed E-state index contributed by atoms with van der Waals surface area (Å²) in [7, 11) is 0. The minimum Gasteiger partial charge on any atom is -0.126 e. The molecule has 1 aromatic heterocycles. The molecule has 0 bridgehead atoms. The largest absolute Gasteiger partial charge is 0.126 e. The van der Waals surface area contributed by atoms with Crippen molar-refractivity contribution in [3.63, 3.8) is 0 Å². The summed E-state index contributed by atoms with van der Waals surface area (Å²) >= 11 is 20.7. The van der Waals surface area contributed by atoms with Gasteiger partial charge in [0.05, 0.1) is 4.83 Å². The smallest absolute Gasteiger partial charge is 0.107 e. The Kier molecular flexibility index (Phi) is 4.96. The summed E-state index contributed by atoms with van der Waals surface area (Å²) in [5.74, 6) is 0. The number of benzene rings is 1. The summed E-state index contributed by atoms with van der Waals surface area (Å²) < 4.78 is 1.74. The molecule has 0 spiro atoms. The zero-order chi connectivity index (χ0) is 12.4. The third-order valence-corrected chi connectivity index (χ3v) is 6.22. The quantitative estimate of drug-likeness (QED) is 0.503. The van der Waals surface area contributed by atoms with Crippen molar-refractivity contribution >= 4 is 66.4 Å². The Bertz CT molecular complexity index is 505. The van der Waals surface area contributed by atoms with Crippen LogP contribution in [0.1, 0.15) is 15.3 Å². The van der Waals surface area contributed by atoms with Crippen molar-refractivity contribution in [2.24, 2.45) is 0 Å². The highest BCUT2D eigenvalue weighted by atomic mass is 79.9. The second-order valence-corrected chi connectivity index (χ2v) is 7.65. The Morgan fingerprint density at radius 2 is 2.00 bits per heavy atom. The zero-order valence-electron chi connectivity index (χ0n) is 8.59. The van der Waals surface area contributed by atoms with Gasteiger partial charge in [0.2, 0.25) is 0 Å². The number of halogens is 4. The van der Waals surface area contributed by atoms with Gasteiger partial charge >= 0.3 is 0 Å². The van der Waals surface area contributed by atoms with E-state index in [1.807, 2.05) is 18.2 Å². The summed E-state index contributed by atoms with van der Waals surface area (Å²) in [5, 5.41) is 0.771. The van der Waals surface area contributed by atoms with Crippen LogP contribution in [0.3, 0.4) is 0 Å². The van der Waals surface area contributed by atoms with Crippen molar-refractivity contribution in [3.05, 3.63) is 54.6 Å². The van der Waals surface area contributed by atoms with Gasteiger partial charge < -0.3 is 0 Å². The molecular formula is C12H8Br2Cl2S. The van der Waals surface area contributed by atoms with Gasteiger partial charge in [0.25, 0.3) is 0 Å². The molecule has 0 radical (unpaired) electrons. The van der Waals surface area contributed by atoms with Gasteiger partial charge in [0, 0.05) is 14.4 Å². The van der Waals surface area contributed by atoms with E-state index in [1.54, 1.807) is 11.3 Å². The molecule has 1 aromatic carbocycles. The SMILES string of the molecule is Clc1cccc(CC(Br)c2cc(Br)c(Cl)s2)c1. The normalized spacial score (nSPS) is 12.7. The van der Waals surface area contributed by atoms with Crippen LogP contribution in [0.25, 0.3) is 0 Å². The second-order valence-electron chi connectivity index (χ2n) is 3.57. The van der Waals surface area contributed by atoms with Crippen LogP contribution >= 0.6 is 66.4 Å². The Hall–Kier alpha value is 0.460. The van der Waals surface area contributed by atoms with Crippen molar-refractivity contribution in [1.82, 2.24) is 0 Å². The number of hydrogen-bond donors (Lipinski definition) is 0. The molecule has 0 aliphatic heterocycles. The van der Waals surface area contributed by atoms with E-state index in [4.69, 9.17) is 23.2 Å². The molecule has 2 rings (SSSR count). The molecule has 1 atom stereocenters. The molecule has 0 N–H and O–H groups in total. The fourth-order valence-corrected chi connectivity index (χ4v) is 4.20. The fraction of sp³-hybridized carbons (Fsp3) is 0.167. The van der Waals surface area contributed by atoms with Gasteiger partial charge in [0.15, 0.2) is 0 Å². The lowest BCUT2D eigenvalue weighted by Gasteiger charge is -2.07. The maximum Gasteiger partial charge on any atom is 0.107 e. The molecule has 0 fully saturated rings. The van der Waals surface area contributed by atoms with Gasteiger partial charge in [-0.3, -0.25) is 0 Å². The van der Waals surface area contributed by atoms with E-state index in [9.17, 15) is 0 Å². The minimum absolute atomic E-state index is 0.259. The third-order valence-electron chi connectivity index (χ3n) is 2.28. The number of hydrogen-bond acceptors (Lipinski definition) is 1. The molecule has 2 aromatic rings. The van der Waals surface area contributed by atoms with E-state index < -0.39 is 0 Å². The van der Waals surface area contributed by atoms with Crippen LogP contribution in [0.4, 0.5) is 0 Å². The van der Waals surface area contributed by atoms with Gasteiger partial charge in [-0.15, -0.1) is 11.3 Å². The predicted octanol–water partition coefficient (Wildman–Crippen LogP) is 6.50. The molecule has 0 saturated carbocycles. The summed E-state index contributed by atoms with van der Waals surface area (Å²) in [4.78, 5) is 1.47. The number of thiophene rings is 1. The van der Waals surface area contributed by atoms with Crippen molar-refractivity contribution in [2.45, 2.75) is 11.2 Å². The predicted molar refractivity (Wildman–Crippen MR) is 83.9 cm³/mol. The molecule has 0 amide bonds. The maximum absolute atomic E-state index is 6.03. The van der Waals surface area contributed by atoms with Crippen molar-refractivity contribution in [3.8, 4) is 0 Å². The van der Waals surface area contributed by atoms with Gasteiger partial charge in [-0.2, -0.15) is 0 Å². The monoisotopic (exact) mass is 412 g/mol. The van der Waals surface area contributed by atoms with Crippen LogP contribution in [0.2, 0.25) is 9.36 Å². The molecule has 0 aliphatic carbocycles. The Labute approximate surface area is 131 Å². The highest BCUT2D eigenvalue weighted by Crippen LogP contribution is 2.39. The van der Waals surface area contributed by atoms with Gasteiger partial charge in [-0.05, 0) is 46.1 Å². The molecule has 0 nitrogen and oxygen atoms in total. The van der Waals surface area contributed by atoms with Crippen molar-refractivity contribution in [2.75, 3.05) is 0 Å². The summed E-state index contributed by atoms with van der Waals surface area (Å²) in [6.07, 6.45) is 0.893. The lowest BCUT2D eigenvalue weighted by molar-refractivity contribution is 0.969. The third kappa shape index (κ3) is 3.71. The summed E-state index contributed by atoms with van der Waals surface area (Å²) in [5.41, 5.74) is 1.21. The molecular weight excluding hydrogens is 407 g/mol. The number of rotatable bonds is 3. The first-order chi connectivity index (χ1) is 8.06. The molecule has 90 valence electrons. The van der Waals surface area contributed by atoms with Crippen LogP contribution in [0.15, 0.2) is 34.8 Å². The molecule has 0 saturated heterocycles. The fourth-order valence-electron chi connectivity index (χ4n) is 1.49. The van der Waals surface area contributed by atoms with Crippen LogP contribution in [-0.4, -0.2) is 0 Å². The van der Waals surface area contributed by atoms with Gasteiger partial charge in [-0.25, -0.2) is 0 Å². The highest BCUT2D eigenvalue weighted by Gasteiger charge is 2.13. The van der Waals surface area contributed by atoms with E-state index in [-0.39, 0.29) is 4.83 Å². The highest BCUT2D eigenvalue weighted by molar-refractivity contribution is 9.10. The second kappa shape index (κ2) is 6.07. The van der Waals surface area contributed by atoms with Crippen LogP contribution in [0, 0.1) is 0 Å². The van der Waals surface area contributed by atoms with Crippen LogP contribution < -0.4 is 0 Å². The van der Waals surface area contributed by atoms with E-state index in [0.717, 1.165) is 20.3 Å². The standard InChI is InChI=1S/C12H8Br2Cl2S/c13-9(11-6-10(14)12(16)17-11)5-7-2-1-3-8(15)4-7/h1-4,6,9H,5H2. The first-order valence-corrected chi connectivity index (χ1v) is 8.17. The van der Waals surface area contributed by atoms with Gasteiger partial charge in [0.1, 0.15) is 4.34 Å². The topological polar surface area (TPSA) is 0 Å². The molecule has 17 heavy (non-hydrogen) atoms. The lowest BCUT2D eigenvalue weighted by Crippen LogP contribution is -1.92. The molecule has 0 aliphatic rings. The minimum atomic E-state index is 0.259. The van der Waals surface area contributed by atoms with Crippen LogP contribution in [0.5, 0.6) is 0 Å². The van der Waals surface area contributed by atoms with Crippen LogP contribution in [-0.2, 0) is 6.42 Å². The summed E-state index contributed by atoms with van der Waals surface area (Å²) in [6.45, 7) is 0.